The minimum absolute atomic E-state index is 0. The van der Waals surface area contributed by atoms with Crippen LogP contribution in [0.5, 0.6) is 0 Å². The molecule has 0 aliphatic carbocycles. The Hall–Kier alpha value is -3.10. The number of fused-ring (bicyclic) bond motifs is 3. The molecule has 8 heteroatoms. The highest BCUT2D eigenvalue weighted by Crippen LogP contribution is 2.35. The van der Waals surface area contributed by atoms with Crippen LogP contribution in [0.4, 0.5) is 20.2 Å². The van der Waals surface area contributed by atoms with Crippen LogP contribution < -0.4 is 22.3 Å². The quantitative estimate of drug-likeness (QED) is 0.280. The number of piperidine rings is 3. The maximum absolute atomic E-state index is 13.2. The molecule has 1 N–H and O–H groups in total. The number of nitrogens with one attached hydrogen (secondary N) is 1. The predicted molar refractivity (Wildman–Crippen MR) is 135 cm³/mol. The van der Waals surface area contributed by atoms with Gasteiger partial charge in [-0.1, -0.05) is 48.5 Å². The third kappa shape index (κ3) is 7.69. The normalized spacial score (nSPS) is 21.6. The summed E-state index contributed by atoms with van der Waals surface area (Å²) < 4.78 is 32.3. The van der Waals surface area contributed by atoms with E-state index in [1.807, 2.05) is 48.5 Å². The van der Waals surface area contributed by atoms with Gasteiger partial charge in [0.25, 0.3) is 0 Å². The van der Waals surface area contributed by atoms with E-state index in [-0.39, 0.29) is 40.5 Å². The van der Waals surface area contributed by atoms with Crippen molar-refractivity contribution >= 4 is 23.1 Å². The summed E-state index contributed by atoms with van der Waals surface area (Å²) in [5.74, 6) is -0.463. The van der Waals surface area contributed by atoms with Crippen molar-refractivity contribution in [1.82, 2.24) is 0 Å². The monoisotopic (exact) mass is 572 g/mol. The highest BCUT2D eigenvalue weighted by Gasteiger charge is 2.48. The first-order chi connectivity index (χ1) is 17.3. The Labute approximate surface area is 226 Å². The summed E-state index contributed by atoms with van der Waals surface area (Å²) in [6.07, 6.45) is 2.11. The lowest BCUT2D eigenvalue weighted by Crippen LogP contribution is -3.00. The summed E-state index contributed by atoms with van der Waals surface area (Å²) in [4.78, 5) is 23.7. The maximum atomic E-state index is 13.2. The minimum Gasteiger partial charge on any atom is -1.00 e. The number of hydrogen-bond acceptors (Lipinski definition) is 4. The summed E-state index contributed by atoms with van der Waals surface area (Å²) in [7, 11) is 0. The maximum Gasteiger partial charge on any atom is 0.303 e. The van der Waals surface area contributed by atoms with E-state index in [4.69, 9.17) is 4.74 Å². The third-order valence-corrected chi connectivity index (χ3v) is 6.91. The molecule has 6 rings (SSSR count). The number of Topliss-reactive ketones (excluding diaryl/α,β-unsaturated/α-hetero) is 1. The van der Waals surface area contributed by atoms with Gasteiger partial charge in [-0.25, -0.2) is 8.78 Å². The number of esters is 1. The molecule has 0 aromatic heterocycles. The van der Waals surface area contributed by atoms with Crippen LogP contribution in [0, 0.1) is 17.6 Å². The number of carbonyl (C=O) groups excluding carboxylic acids is 2. The molecule has 3 aliphatic rings. The van der Waals surface area contributed by atoms with Gasteiger partial charge in [0, 0.05) is 43.0 Å². The number of halogens is 3. The number of nitrogens with zero attached hydrogens (tertiary/aromatic N) is 1. The molecule has 3 aromatic rings. The first kappa shape index (κ1) is 28.5. The van der Waals surface area contributed by atoms with Crippen LogP contribution >= 0.6 is 0 Å². The van der Waals surface area contributed by atoms with E-state index in [1.54, 1.807) is 12.1 Å². The molecule has 3 saturated heterocycles. The first-order valence-electron chi connectivity index (χ1n) is 12.2. The van der Waals surface area contributed by atoms with E-state index < -0.39 is 11.6 Å². The lowest BCUT2D eigenvalue weighted by Gasteiger charge is -2.51. The molecule has 37 heavy (non-hydrogen) atoms. The molecular weight excluding hydrogens is 542 g/mol. The average Bonchev–Trinajstić information content (AvgIpc) is 2.88. The van der Waals surface area contributed by atoms with Crippen LogP contribution in [0.25, 0.3) is 0 Å². The van der Waals surface area contributed by atoms with Crippen molar-refractivity contribution in [2.75, 3.05) is 31.5 Å². The van der Waals surface area contributed by atoms with Crippen molar-refractivity contribution in [2.45, 2.75) is 25.9 Å². The Morgan fingerprint density at radius 3 is 2.19 bits per heavy atom. The van der Waals surface area contributed by atoms with Gasteiger partial charge in [0.15, 0.2) is 6.10 Å². The van der Waals surface area contributed by atoms with E-state index in [9.17, 15) is 18.4 Å². The molecule has 3 aromatic carbocycles. The number of ether oxygens (including phenoxy) is 1. The van der Waals surface area contributed by atoms with E-state index in [2.05, 4.69) is 5.32 Å². The zero-order valence-electron chi connectivity index (χ0n) is 20.7. The number of anilines is 2. The second-order valence-electron chi connectivity index (χ2n) is 9.52. The number of para-hydroxylation sites is 1. The number of quaternary nitrogens is 1. The van der Waals surface area contributed by atoms with Crippen LogP contribution in [0.3, 0.4) is 0 Å². The smallest absolute Gasteiger partial charge is 0.303 e. The molecule has 3 heterocycles. The standard InChI is InChI=1S/C17H22NO3.C12H9F2N.BrH/c1-13(19)21-17-12-18(9-7-15(17)8-10-18)11-16(20)14-5-3-2-4-6-14;13-9-6-7-11(14)12(8-9)15-10-4-2-1-3-5-10;/h2-6,15,17H,7-12H2,1H3;1-8,15H;1H/q+1;;/p-1. The summed E-state index contributed by atoms with van der Waals surface area (Å²) in [5, 5.41) is 2.80. The van der Waals surface area contributed by atoms with Crippen molar-refractivity contribution in [1.29, 1.82) is 0 Å². The van der Waals surface area contributed by atoms with Gasteiger partial charge >= 0.3 is 5.97 Å². The highest BCUT2D eigenvalue weighted by molar-refractivity contribution is 5.96. The van der Waals surface area contributed by atoms with Crippen molar-refractivity contribution in [2.24, 2.45) is 5.92 Å². The van der Waals surface area contributed by atoms with E-state index in [1.165, 1.54) is 6.92 Å². The van der Waals surface area contributed by atoms with Crippen molar-refractivity contribution in [3.05, 3.63) is 96.1 Å². The van der Waals surface area contributed by atoms with Crippen LogP contribution in [-0.2, 0) is 9.53 Å². The minimum atomic E-state index is -0.472. The molecule has 0 spiro atoms. The molecule has 1 atom stereocenters. The zero-order chi connectivity index (χ0) is 25.5. The molecule has 196 valence electrons. The fourth-order valence-corrected chi connectivity index (χ4v) is 5.08. The van der Waals surface area contributed by atoms with Gasteiger partial charge in [-0.3, -0.25) is 9.59 Å². The summed E-state index contributed by atoms with van der Waals surface area (Å²) in [6.45, 7) is 4.84. The topological polar surface area (TPSA) is 55.4 Å². The Morgan fingerprint density at radius 2 is 1.57 bits per heavy atom. The van der Waals surface area contributed by atoms with E-state index in [0.717, 1.165) is 66.4 Å². The summed E-state index contributed by atoms with van der Waals surface area (Å²) >= 11 is 0. The Bertz CT molecular complexity index is 1190. The van der Waals surface area contributed by atoms with Crippen LogP contribution in [0.2, 0.25) is 0 Å². The molecule has 3 aliphatic heterocycles. The molecule has 0 radical (unpaired) electrons. The van der Waals surface area contributed by atoms with Crippen molar-refractivity contribution < 1.29 is 44.6 Å². The highest BCUT2D eigenvalue weighted by atomic mass is 79.9. The van der Waals surface area contributed by atoms with Gasteiger partial charge in [-0.15, -0.1) is 0 Å². The zero-order valence-corrected chi connectivity index (χ0v) is 22.3. The largest absolute Gasteiger partial charge is 1.00 e. The van der Waals surface area contributed by atoms with Crippen molar-refractivity contribution in [3.63, 3.8) is 0 Å². The van der Waals surface area contributed by atoms with Crippen LogP contribution in [0.1, 0.15) is 30.1 Å². The Morgan fingerprint density at radius 1 is 0.946 bits per heavy atom. The second-order valence-corrected chi connectivity index (χ2v) is 9.52. The van der Waals surface area contributed by atoms with Crippen LogP contribution in [-0.4, -0.2) is 48.5 Å². The molecule has 1 unspecified atom stereocenters. The molecular formula is C29H31BrF2N2O3. The summed E-state index contributed by atoms with van der Waals surface area (Å²) in [5.41, 5.74) is 1.64. The van der Waals surface area contributed by atoms with Crippen LogP contribution in [0.15, 0.2) is 78.9 Å². The van der Waals surface area contributed by atoms with Crippen molar-refractivity contribution in [3.8, 4) is 0 Å². The van der Waals surface area contributed by atoms with Gasteiger partial charge in [-0.05, 0) is 24.3 Å². The van der Waals surface area contributed by atoms with Gasteiger partial charge in [0.2, 0.25) is 5.78 Å². The number of benzene rings is 3. The number of hydrogen-bond donors (Lipinski definition) is 1. The SMILES string of the molecule is CC(=O)OC1C[N+]2(CC(=O)c3ccccc3)CCC1CC2.Fc1ccc(F)c(Nc2ccccc2)c1.[Br-]. The third-order valence-electron chi connectivity index (χ3n) is 6.91. The average molecular weight is 573 g/mol. The molecule has 0 saturated carbocycles. The van der Waals surface area contributed by atoms with E-state index in [0.29, 0.717) is 12.5 Å². The van der Waals surface area contributed by atoms with Gasteiger partial charge in [-0.2, -0.15) is 0 Å². The lowest BCUT2D eigenvalue weighted by atomic mass is 9.83. The number of ketones is 1. The molecule has 2 bridgehead atoms. The molecule has 0 amide bonds. The fraction of sp³-hybridized carbons (Fsp3) is 0.310. The lowest BCUT2D eigenvalue weighted by molar-refractivity contribution is -0.938. The molecule has 3 fully saturated rings. The molecule has 5 nitrogen and oxygen atoms in total. The number of carbonyl (C=O) groups is 2. The first-order valence-corrected chi connectivity index (χ1v) is 12.2. The van der Waals surface area contributed by atoms with Gasteiger partial charge in [0.05, 0.1) is 18.8 Å². The van der Waals surface area contributed by atoms with Gasteiger partial charge < -0.3 is 31.5 Å². The van der Waals surface area contributed by atoms with Gasteiger partial charge in [0.1, 0.15) is 24.7 Å². The number of rotatable bonds is 6. The van der Waals surface area contributed by atoms with E-state index >= 15 is 0 Å². The Kier molecular flexibility index (Phi) is 9.94. The predicted octanol–water partition coefficient (Wildman–Crippen LogP) is 2.75. The summed E-state index contributed by atoms with van der Waals surface area (Å²) in [6, 6.07) is 21.8. The fourth-order valence-electron chi connectivity index (χ4n) is 5.08. The second kappa shape index (κ2) is 12.9. The Balaban J connectivity index is 0.000000211.